The van der Waals surface area contributed by atoms with Gasteiger partial charge < -0.3 is 0 Å². The molecule has 4 rings (SSSR count). The highest BCUT2D eigenvalue weighted by atomic mass is 127. The molecule has 21 heavy (non-hydrogen) atoms. The first-order valence-electron chi connectivity index (χ1n) is 6.99. The third kappa shape index (κ3) is 2.32. The molecule has 0 aliphatic carbocycles. The van der Waals surface area contributed by atoms with Crippen LogP contribution in [-0.2, 0) is 0 Å². The Balaban J connectivity index is 1.98. The molecule has 0 nitrogen and oxygen atoms in total. The lowest BCUT2D eigenvalue weighted by Gasteiger charge is -2.08. The molecule has 0 fully saturated rings. The lowest BCUT2D eigenvalue weighted by Crippen LogP contribution is -1.82. The molecule has 0 unspecified atom stereocenters. The molecule has 0 saturated carbocycles. The van der Waals surface area contributed by atoms with Crippen LogP contribution in [-0.4, -0.2) is 0 Å². The van der Waals surface area contributed by atoms with Crippen molar-refractivity contribution in [2.75, 3.05) is 0 Å². The van der Waals surface area contributed by atoms with Crippen LogP contribution in [0.25, 0.3) is 32.7 Å². The summed E-state index contributed by atoms with van der Waals surface area (Å²) < 4.78 is 1.28. The minimum atomic E-state index is 1.28. The van der Waals surface area contributed by atoms with Crippen LogP contribution in [0.1, 0.15) is 0 Å². The third-order valence-corrected chi connectivity index (χ3v) is 4.57. The van der Waals surface area contributed by atoms with Crippen LogP contribution < -0.4 is 0 Å². The third-order valence-electron chi connectivity index (χ3n) is 3.90. The van der Waals surface area contributed by atoms with Gasteiger partial charge in [-0.15, -0.1) is 0 Å². The van der Waals surface area contributed by atoms with Crippen molar-refractivity contribution in [3.63, 3.8) is 0 Å². The van der Waals surface area contributed by atoms with Crippen molar-refractivity contribution >= 4 is 44.1 Å². The van der Waals surface area contributed by atoms with Gasteiger partial charge in [-0.3, -0.25) is 0 Å². The molecule has 100 valence electrons. The summed E-state index contributed by atoms with van der Waals surface area (Å²) >= 11 is 2.36. The zero-order valence-corrected chi connectivity index (χ0v) is 13.5. The fourth-order valence-corrected chi connectivity index (χ4v) is 3.38. The molecule has 4 aromatic rings. The standard InChI is InChI=1S/C20H13I/c21-18-11-10-15-12-17(9-8-16(15)13-18)20-7-3-5-14-4-1-2-6-19(14)20/h1-13H. The van der Waals surface area contributed by atoms with Crippen molar-refractivity contribution in [1.29, 1.82) is 0 Å². The van der Waals surface area contributed by atoms with Gasteiger partial charge in [0.1, 0.15) is 0 Å². The Morgan fingerprint density at radius 1 is 0.571 bits per heavy atom. The SMILES string of the molecule is Ic1ccc2cc(-c3cccc4ccccc34)ccc2c1. The Labute approximate surface area is 137 Å². The summed E-state index contributed by atoms with van der Waals surface area (Å²) in [5.41, 5.74) is 2.58. The summed E-state index contributed by atoms with van der Waals surface area (Å²) in [4.78, 5) is 0. The van der Waals surface area contributed by atoms with Crippen molar-refractivity contribution in [2.45, 2.75) is 0 Å². The van der Waals surface area contributed by atoms with Gasteiger partial charge in [-0.1, -0.05) is 60.7 Å². The summed E-state index contributed by atoms with van der Waals surface area (Å²) in [5, 5.41) is 5.19. The molecule has 4 aromatic carbocycles. The second-order valence-electron chi connectivity index (χ2n) is 5.23. The number of benzene rings is 4. The molecule has 0 bridgehead atoms. The molecule has 0 radical (unpaired) electrons. The smallest absolute Gasteiger partial charge is 0.0136 e. The van der Waals surface area contributed by atoms with Gasteiger partial charge in [0.25, 0.3) is 0 Å². The number of halogens is 1. The second kappa shape index (κ2) is 5.15. The molecule has 0 aromatic heterocycles. The fourth-order valence-electron chi connectivity index (χ4n) is 2.86. The van der Waals surface area contributed by atoms with Crippen LogP contribution in [0.3, 0.4) is 0 Å². The number of rotatable bonds is 1. The van der Waals surface area contributed by atoms with E-state index in [1.807, 2.05) is 0 Å². The topological polar surface area (TPSA) is 0 Å². The Kier molecular flexibility index (Phi) is 3.15. The highest BCUT2D eigenvalue weighted by Crippen LogP contribution is 2.31. The molecule has 0 aliphatic rings. The molecular formula is C20H13I. The van der Waals surface area contributed by atoms with Crippen molar-refractivity contribution in [1.82, 2.24) is 0 Å². The van der Waals surface area contributed by atoms with Crippen molar-refractivity contribution in [2.24, 2.45) is 0 Å². The molecule has 0 spiro atoms. The lowest BCUT2D eigenvalue weighted by atomic mass is 9.96. The van der Waals surface area contributed by atoms with E-state index in [1.54, 1.807) is 0 Å². The van der Waals surface area contributed by atoms with Crippen LogP contribution in [0.15, 0.2) is 78.9 Å². The van der Waals surface area contributed by atoms with Crippen LogP contribution >= 0.6 is 22.6 Å². The van der Waals surface area contributed by atoms with E-state index in [9.17, 15) is 0 Å². The molecule has 0 heterocycles. The maximum Gasteiger partial charge on any atom is 0.0136 e. The maximum absolute atomic E-state index is 2.36. The van der Waals surface area contributed by atoms with Crippen LogP contribution in [0.2, 0.25) is 0 Å². The monoisotopic (exact) mass is 380 g/mol. The average molecular weight is 380 g/mol. The van der Waals surface area contributed by atoms with Gasteiger partial charge in [0.05, 0.1) is 0 Å². The Bertz CT molecular complexity index is 949. The number of hydrogen-bond acceptors (Lipinski definition) is 0. The molecule has 0 amide bonds. The first-order valence-corrected chi connectivity index (χ1v) is 8.07. The Hall–Kier alpha value is -1.87. The van der Waals surface area contributed by atoms with Crippen LogP contribution in [0, 0.1) is 3.57 Å². The van der Waals surface area contributed by atoms with Crippen molar-refractivity contribution in [3.05, 3.63) is 82.4 Å². The van der Waals surface area contributed by atoms with Gasteiger partial charge >= 0.3 is 0 Å². The summed E-state index contributed by atoms with van der Waals surface area (Å²) in [5.74, 6) is 0. The quantitative estimate of drug-likeness (QED) is 0.342. The highest BCUT2D eigenvalue weighted by Gasteiger charge is 2.04. The van der Waals surface area contributed by atoms with E-state index in [4.69, 9.17) is 0 Å². The van der Waals surface area contributed by atoms with Crippen molar-refractivity contribution < 1.29 is 0 Å². The van der Waals surface area contributed by atoms with Crippen LogP contribution in [0.5, 0.6) is 0 Å². The van der Waals surface area contributed by atoms with Crippen LogP contribution in [0.4, 0.5) is 0 Å². The summed E-state index contributed by atoms with van der Waals surface area (Å²) in [6.45, 7) is 0. The zero-order valence-electron chi connectivity index (χ0n) is 11.4. The van der Waals surface area contributed by atoms with Gasteiger partial charge in [-0.2, -0.15) is 0 Å². The molecule has 0 N–H and O–H groups in total. The van der Waals surface area contributed by atoms with Gasteiger partial charge in [0, 0.05) is 3.57 Å². The minimum absolute atomic E-state index is 1.28. The molecule has 0 saturated heterocycles. The number of hydrogen-bond donors (Lipinski definition) is 0. The summed E-state index contributed by atoms with van der Waals surface area (Å²) in [6.07, 6.45) is 0. The van der Waals surface area contributed by atoms with E-state index in [2.05, 4.69) is 101 Å². The average Bonchev–Trinajstić information content (AvgIpc) is 2.54. The first-order chi connectivity index (χ1) is 10.3. The lowest BCUT2D eigenvalue weighted by molar-refractivity contribution is 1.66. The Morgan fingerprint density at radius 2 is 1.33 bits per heavy atom. The van der Waals surface area contributed by atoms with E-state index in [0.29, 0.717) is 0 Å². The predicted molar refractivity (Wildman–Crippen MR) is 99.6 cm³/mol. The van der Waals surface area contributed by atoms with E-state index in [0.717, 1.165) is 0 Å². The van der Waals surface area contributed by atoms with E-state index >= 15 is 0 Å². The largest absolute Gasteiger partial charge is 0.0616 e. The molecule has 0 atom stereocenters. The van der Waals surface area contributed by atoms with E-state index < -0.39 is 0 Å². The zero-order chi connectivity index (χ0) is 14.2. The minimum Gasteiger partial charge on any atom is -0.0616 e. The molecule has 0 aliphatic heterocycles. The predicted octanol–water partition coefficient (Wildman–Crippen LogP) is 6.26. The van der Waals surface area contributed by atoms with Gasteiger partial charge in [0.15, 0.2) is 0 Å². The van der Waals surface area contributed by atoms with Gasteiger partial charge in [0.2, 0.25) is 0 Å². The van der Waals surface area contributed by atoms with E-state index in [1.165, 1.54) is 36.2 Å². The molecular weight excluding hydrogens is 367 g/mol. The summed E-state index contributed by atoms with van der Waals surface area (Å²) in [7, 11) is 0. The summed E-state index contributed by atoms with van der Waals surface area (Å²) in [6, 6.07) is 28.4. The maximum atomic E-state index is 2.36. The van der Waals surface area contributed by atoms with Crippen molar-refractivity contribution in [3.8, 4) is 11.1 Å². The fraction of sp³-hybridized carbons (Fsp3) is 0. The second-order valence-corrected chi connectivity index (χ2v) is 6.48. The van der Waals surface area contributed by atoms with Gasteiger partial charge in [-0.25, -0.2) is 0 Å². The first kappa shape index (κ1) is 12.8. The Morgan fingerprint density at radius 3 is 2.29 bits per heavy atom. The highest BCUT2D eigenvalue weighted by molar-refractivity contribution is 14.1. The molecule has 1 heteroatoms. The van der Waals surface area contributed by atoms with Gasteiger partial charge in [-0.05, 0) is 73.5 Å². The normalized spacial score (nSPS) is 11.1. The number of fused-ring (bicyclic) bond motifs is 2. The van der Waals surface area contributed by atoms with E-state index in [-0.39, 0.29) is 0 Å².